The molecular weight excluding hydrogens is 314 g/mol. The van der Waals surface area contributed by atoms with E-state index in [-0.39, 0.29) is 24.1 Å². The Labute approximate surface area is 143 Å². The Morgan fingerprint density at radius 3 is 2.74 bits per heavy atom. The molecule has 0 spiro atoms. The van der Waals surface area contributed by atoms with Crippen molar-refractivity contribution in [3.63, 3.8) is 0 Å². The van der Waals surface area contributed by atoms with Gasteiger partial charge in [0.2, 0.25) is 5.91 Å². The highest BCUT2D eigenvalue weighted by atomic mass is 35.5. The molecule has 1 aromatic carbocycles. The van der Waals surface area contributed by atoms with Crippen molar-refractivity contribution in [3.8, 4) is 0 Å². The average molecular weight is 340 g/mol. The molecule has 3 atom stereocenters. The van der Waals surface area contributed by atoms with Crippen molar-refractivity contribution in [2.24, 2.45) is 0 Å². The van der Waals surface area contributed by atoms with Crippen LogP contribution in [0.15, 0.2) is 24.3 Å². The molecule has 2 rings (SSSR count). The summed E-state index contributed by atoms with van der Waals surface area (Å²) in [5.41, 5.74) is 1.03. The number of carbonyl (C=O) groups is 1. The van der Waals surface area contributed by atoms with Gasteiger partial charge in [0.25, 0.3) is 0 Å². The Kier molecular flexibility index (Phi) is 6.84. The fourth-order valence-corrected chi connectivity index (χ4v) is 2.69. The van der Waals surface area contributed by atoms with Gasteiger partial charge in [-0.1, -0.05) is 23.7 Å². The van der Waals surface area contributed by atoms with Crippen LogP contribution < -0.4 is 10.6 Å². The number of nitrogens with zero attached hydrogens (tertiary/aromatic N) is 1. The first kappa shape index (κ1) is 18.2. The Balaban J connectivity index is 1.76. The van der Waals surface area contributed by atoms with Crippen molar-refractivity contribution >= 4 is 17.5 Å². The van der Waals surface area contributed by atoms with E-state index in [9.17, 15) is 4.79 Å². The molecule has 0 bridgehead atoms. The normalized spacial score (nSPS) is 21.7. The van der Waals surface area contributed by atoms with E-state index in [1.807, 2.05) is 38.1 Å². The standard InChI is InChI=1S/C17H26ClN3O2/c1-12(14-4-6-15(18)7-5-14)20-17(22)13(2)19-10-16-11-21(3)8-9-23-16/h4-7,12-13,16,19H,8-11H2,1-3H3,(H,20,22). The number of amides is 1. The Morgan fingerprint density at radius 1 is 1.39 bits per heavy atom. The highest BCUT2D eigenvalue weighted by Crippen LogP contribution is 2.16. The number of benzene rings is 1. The lowest BCUT2D eigenvalue weighted by molar-refractivity contribution is -0.123. The van der Waals surface area contributed by atoms with E-state index in [0.29, 0.717) is 11.6 Å². The number of nitrogens with one attached hydrogen (secondary N) is 2. The molecule has 1 aliphatic heterocycles. The fourth-order valence-electron chi connectivity index (χ4n) is 2.56. The summed E-state index contributed by atoms with van der Waals surface area (Å²) in [7, 11) is 2.08. The monoisotopic (exact) mass is 339 g/mol. The molecule has 1 fully saturated rings. The summed E-state index contributed by atoms with van der Waals surface area (Å²) >= 11 is 5.89. The summed E-state index contributed by atoms with van der Waals surface area (Å²) in [6, 6.07) is 7.20. The molecule has 0 aliphatic carbocycles. The van der Waals surface area contributed by atoms with Gasteiger partial charge in [-0.15, -0.1) is 0 Å². The van der Waals surface area contributed by atoms with Crippen molar-refractivity contribution in [1.29, 1.82) is 0 Å². The highest BCUT2D eigenvalue weighted by Gasteiger charge is 2.21. The van der Waals surface area contributed by atoms with Gasteiger partial charge >= 0.3 is 0 Å². The molecule has 0 saturated carbocycles. The third kappa shape index (κ3) is 5.77. The summed E-state index contributed by atoms with van der Waals surface area (Å²) in [4.78, 5) is 14.5. The van der Waals surface area contributed by atoms with E-state index in [0.717, 1.165) is 25.3 Å². The van der Waals surface area contributed by atoms with E-state index in [1.165, 1.54) is 0 Å². The zero-order valence-electron chi connectivity index (χ0n) is 14.0. The highest BCUT2D eigenvalue weighted by molar-refractivity contribution is 6.30. The number of hydrogen-bond donors (Lipinski definition) is 2. The van der Waals surface area contributed by atoms with E-state index in [4.69, 9.17) is 16.3 Å². The van der Waals surface area contributed by atoms with Crippen molar-refractivity contribution in [3.05, 3.63) is 34.9 Å². The van der Waals surface area contributed by atoms with E-state index >= 15 is 0 Å². The van der Waals surface area contributed by atoms with Crippen molar-refractivity contribution in [1.82, 2.24) is 15.5 Å². The molecule has 1 heterocycles. The molecule has 1 aliphatic rings. The Bertz CT molecular complexity index is 509. The minimum Gasteiger partial charge on any atom is -0.374 e. The minimum absolute atomic E-state index is 0.0170. The van der Waals surface area contributed by atoms with Gasteiger partial charge in [0.1, 0.15) is 0 Å². The van der Waals surface area contributed by atoms with Crippen molar-refractivity contribution < 1.29 is 9.53 Å². The molecule has 128 valence electrons. The molecule has 1 saturated heterocycles. The lowest BCUT2D eigenvalue weighted by Gasteiger charge is -2.31. The van der Waals surface area contributed by atoms with Crippen LogP contribution in [0.2, 0.25) is 5.02 Å². The maximum absolute atomic E-state index is 12.3. The number of likely N-dealkylation sites (N-methyl/N-ethyl adjacent to an activating group) is 1. The summed E-state index contributed by atoms with van der Waals surface area (Å²) in [6.45, 7) is 7.11. The molecule has 2 N–H and O–H groups in total. The van der Waals surface area contributed by atoms with Crippen LogP contribution in [0.4, 0.5) is 0 Å². The molecule has 3 unspecified atom stereocenters. The second kappa shape index (κ2) is 8.64. The molecule has 1 aromatic rings. The van der Waals surface area contributed by atoms with Crippen LogP contribution in [0.3, 0.4) is 0 Å². The third-order valence-electron chi connectivity index (χ3n) is 4.12. The zero-order chi connectivity index (χ0) is 16.8. The summed E-state index contributed by atoms with van der Waals surface area (Å²) in [5.74, 6) is -0.0170. The maximum atomic E-state index is 12.3. The van der Waals surface area contributed by atoms with Crippen LogP contribution in [-0.2, 0) is 9.53 Å². The van der Waals surface area contributed by atoms with Gasteiger partial charge in [-0.25, -0.2) is 0 Å². The molecule has 1 amide bonds. The minimum atomic E-state index is -0.263. The van der Waals surface area contributed by atoms with E-state index in [2.05, 4.69) is 22.6 Å². The van der Waals surface area contributed by atoms with Gasteiger partial charge in [0, 0.05) is 24.7 Å². The Hall–Kier alpha value is -1.14. The number of rotatable bonds is 6. The summed E-state index contributed by atoms with van der Waals surface area (Å²) < 4.78 is 5.69. The zero-order valence-corrected chi connectivity index (χ0v) is 14.8. The first-order valence-electron chi connectivity index (χ1n) is 8.05. The predicted octanol–water partition coefficient (Wildman–Crippen LogP) is 1.83. The van der Waals surface area contributed by atoms with Gasteiger partial charge in [-0.3, -0.25) is 4.79 Å². The van der Waals surface area contributed by atoms with E-state index < -0.39 is 0 Å². The SMILES string of the molecule is CC(NCC1CN(C)CCO1)C(=O)NC(C)c1ccc(Cl)cc1. The first-order chi connectivity index (χ1) is 11.0. The average Bonchev–Trinajstić information content (AvgIpc) is 2.53. The lowest BCUT2D eigenvalue weighted by atomic mass is 10.1. The quantitative estimate of drug-likeness (QED) is 0.830. The van der Waals surface area contributed by atoms with Crippen LogP contribution in [0, 0.1) is 0 Å². The van der Waals surface area contributed by atoms with E-state index in [1.54, 1.807) is 0 Å². The predicted molar refractivity (Wildman–Crippen MR) is 92.7 cm³/mol. The summed E-state index contributed by atoms with van der Waals surface area (Å²) in [6.07, 6.45) is 0.137. The number of morpholine rings is 1. The van der Waals surface area contributed by atoms with Crippen LogP contribution >= 0.6 is 11.6 Å². The molecule has 0 radical (unpaired) electrons. The van der Waals surface area contributed by atoms with Gasteiger partial charge in [-0.05, 0) is 38.6 Å². The number of carbonyl (C=O) groups excluding carboxylic acids is 1. The molecule has 0 aromatic heterocycles. The smallest absolute Gasteiger partial charge is 0.237 e. The molecule has 6 heteroatoms. The fraction of sp³-hybridized carbons (Fsp3) is 0.588. The molecule has 23 heavy (non-hydrogen) atoms. The first-order valence-corrected chi connectivity index (χ1v) is 8.43. The van der Waals surface area contributed by atoms with Crippen LogP contribution in [0.5, 0.6) is 0 Å². The van der Waals surface area contributed by atoms with Crippen LogP contribution in [-0.4, -0.2) is 56.2 Å². The van der Waals surface area contributed by atoms with Crippen LogP contribution in [0.25, 0.3) is 0 Å². The van der Waals surface area contributed by atoms with Gasteiger partial charge in [0.15, 0.2) is 0 Å². The second-order valence-corrected chi connectivity index (χ2v) is 6.60. The lowest BCUT2D eigenvalue weighted by Crippen LogP contribution is -2.49. The van der Waals surface area contributed by atoms with Crippen molar-refractivity contribution in [2.75, 3.05) is 33.3 Å². The van der Waals surface area contributed by atoms with Crippen molar-refractivity contribution in [2.45, 2.75) is 32.0 Å². The molecule has 5 nitrogen and oxygen atoms in total. The topological polar surface area (TPSA) is 53.6 Å². The van der Waals surface area contributed by atoms with Gasteiger partial charge < -0.3 is 20.3 Å². The van der Waals surface area contributed by atoms with Gasteiger partial charge in [-0.2, -0.15) is 0 Å². The third-order valence-corrected chi connectivity index (χ3v) is 4.37. The summed E-state index contributed by atoms with van der Waals surface area (Å²) in [5, 5.41) is 6.96. The number of ether oxygens (including phenoxy) is 1. The maximum Gasteiger partial charge on any atom is 0.237 e. The second-order valence-electron chi connectivity index (χ2n) is 6.17. The molecular formula is C17H26ClN3O2. The number of hydrogen-bond acceptors (Lipinski definition) is 4. The van der Waals surface area contributed by atoms with Crippen LogP contribution in [0.1, 0.15) is 25.5 Å². The largest absolute Gasteiger partial charge is 0.374 e. The number of halogens is 1. The Morgan fingerprint density at radius 2 is 2.09 bits per heavy atom. The van der Waals surface area contributed by atoms with Gasteiger partial charge in [0.05, 0.1) is 24.8 Å².